The Kier molecular flexibility index (Phi) is 7.05. The van der Waals surface area contributed by atoms with Gasteiger partial charge in [0, 0.05) is 34.3 Å². The van der Waals surface area contributed by atoms with E-state index in [1.54, 1.807) is 43.5 Å². The van der Waals surface area contributed by atoms with Crippen molar-refractivity contribution in [1.29, 1.82) is 0 Å². The SMILES string of the molecule is Cc1ccc(C(=O)NCC(=O)NNC(=O)c2cc(C)n(-c3ccc(F)cc3)c2C)cc1[N+](=O)[O-]. The van der Waals surface area contributed by atoms with Gasteiger partial charge in [-0.05, 0) is 57.2 Å². The van der Waals surface area contributed by atoms with Gasteiger partial charge < -0.3 is 9.88 Å². The van der Waals surface area contributed by atoms with Crippen molar-refractivity contribution in [1.82, 2.24) is 20.7 Å². The van der Waals surface area contributed by atoms with Crippen molar-refractivity contribution < 1.29 is 23.7 Å². The number of nitrogens with one attached hydrogen (secondary N) is 3. The van der Waals surface area contributed by atoms with Gasteiger partial charge in [0.1, 0.15) is 5.82 Å². The van der Waals surface area contributed by atoms with E-state index in [1.807, 2.05) is 0 Å². The van der Waals surface area contributed by atoms with Gasteiger partial charge in [-0.2, -0.15) is 0 Å². The summed E-state index contributed by atoms with van der Waals surface area (Å²) in [6, 6.07) is 11.4. The molecule has 3 amide bonds. The first kappa shape index (κ1) is 24.1. The summed E-state index contributed by atoms with van der Waals surface area (Å²) in [5, 5.41) is 13.4. The van der Waals surface area contributed by atoms with E-state index in [1.165, 1.54) is 24.3 Å². The fourth-order valence-corrected chi connectivity index (χ4v) is 3.43. The molecule has 11 heteroatoms. The van der Waals surface area contributed by atoms with Crippen molar-refractivity contribution in [2.24, 2.45) is 0 Å². The van der Waals surface area contributed by atoms with E-state index in [0.29, 0.717) is 22.5 Å². The molecule has 0 radical (unpaired) electrons. The molecule has 0 aliphatic rings. The van der Waals surface area contributed by atoms with E-state index >= 15 is 0 Å². The zero-order chi connectivity index (χ0) is 25.0. The molecule has 3 rings (SSSR count). The molecule has 1 heterocycles. The highest BCUT2D eigenvalue weighted by atomic mass is 19.1. The van der Waals surface area contributed by atoms with Crippen molar-refractivity contribution in [3.05, 3.63) is 92.5 Å². The number of aromatic nitrogens is 1. The predicted molar refractivity (Wildman–Crippen MR) is 121 cm³/mol. The highest BCUT2D eigenvalue weighted by Crippen LogP contribution is 2.21. The average molecular weight is 467 g/mol. The molecular weight excluding hydrogens is 445 g/mol. The number of nitro benzene ring substituents is 1. The van der Waals surface area contributed by atoms with Crippen LogP contribution in [-0.2, 0) is 4.79 Å². The van der Waals surface area contributed by atoms with Crippen molar-refractivity contribution in [2.45, 2.75) is 20.8 Å². The first-order valence-corrected chi connectivity index (χ1v) is 10.2. The van der Waals surface area contributed by atoms with E-state index in [9.17, 15) is 28.9 Å². The van der Waals surface area contributed by atoms with Gasteiger partial charge in [-0.25, -0.2) is 4.39 Å². The number of benzene rings is 2. The highest BCUT2D eigenvalue weighted by molar-refractivity contribution is 5.99. The Balaban J connectivity index is 1.58. The normalized spacial score (nSPS) is 10.5. The number of rotatable bonds is 6. The molecule has 0 saturated carbocycles. The van der Waals surface area contributed by atoms with Gasteiger partial charge in [0.25, 0.3) is 23.4 Å². The summed E-state index contributed by atoms with van der Waals surface area (Å²) >= 11 is 0. The van der Waals surface area contributed by atoms with Gasteiger partial charge in [0.05, 0.1) is 17.0 Å². The molecule has 2 aromatic carbocycles. The van der Waals surface area contributed by atoms with Crippen molar-refractivity contribution in [3.8, 4) is 5.69 Å². The number of aryl methyl sites for hydroxylation is 2. The molecular formula is C23H22FN5O5. The second-order valence-electron chi connectivity index (χ2n) is 7.54. The fourth-order valence-electron chi connectivity index (χ4n) is 3.43. The number of hydrogen-bond acceptors (Lipinski definition) is 5. The molecule has 0 aliphatic heterocycles. The maximum Gasteiger partial charge on any atom is 0.273 e. The number of hydrazine groups is 1. The van der Waals surface area contributed by atoms with E-state index in [-0.39, 0.29) is 17.1 Å². The summed E-state index contributed by atoms with van der Waals surface area (Å²) in [7, 11) is 0. The molecule has 0 fully saturated rings. The van der Waals surface area contributed by atoms with Gasteiger partial charge in [-0.15, -0.1) is 0 Å². The second-order valence-corrected chi connectivity index (χ2v) is 7.54. The molecule has 1 aromatic heterocycles. The van der Waals surface area contributed by atoms with Crippen LogP contribution in [0.3, 0.4) is 0 Å². The lowest BCUT2D eigenvalue weighted by atomic mass is 10.1. The number of amides is 3. The second kappa shape index (κ2) is 9.94. The minimum Gasteiger partial charge on any atom is -0.343 e. The van der Waals surface area contributed by atoms with Crippen LogP contribution in [0.1, 0.15) is 37.7 Å². The van der Waals surface area contributed by atoms with Gasteiger partial charge in [0.15, 0.2) is 0 Å². The van der Waals surface area contributed by atoms with Crippen molar-refractivity contribution in [3.63, 3.8) is 0 Å². The minimum absolute atomic E-state index is 0.0300. The van der Waals surface area contributed by atoms with Crippen LogP contribution in [0.25, 0.3) is 5.69 Å². The number of hydrogen-bond donors (Lipinski definition) is 3. The van der Waals surface area contributed by atoms with Crippen molar-refractivity contribution >= 4 is 23.4 Å². The third kappa shape index (κ3) is 5.26. The summed E-state index contributed by atoms with van der Waals surface area (Å²) in [4.78, 5) is 47.3. The number of carbonyl (C=O) groups excluding carboxylic acids is 3. The van der Waals surface area contributed by atoms with E-state index < -0.39 is 29.2 Å². The van der Waals surface area contributed by atoms with E-state index in [2.05, 4.69) is 16.2 Å². The van der Waals surface area contributed by atoms with Crippen LogP contribution in [0.4, 0.5) is 10.1 Å². The van der Waals surface area contributed by atoms with Crippen molar-refractivity contribution in [2.75, 3.05) is 6.54 Å². The molecule has 0 bridgehead atoms. The highest BCUT2D eigenvalue weighted by Gasteiger charge is 2.18. The summed E-state index contributed by atoms with van der Waals surface area (Å²) in [6.07, 6.45) is 0. The topological polar surface area (TPSA) is 135 Å². The van der Waals surface area contributed by atoms with Crippen LogP contribution in [0, 0.1) is 36.7 Å². The third-order valence-electron chi connectivity index (χ3n) is 5.15. The van der Waals surface area contributed by atoms with Crippen LogP contribution in [-0.4, -0.2) is 33.8 Å². The first-order chi connectivity index (χ1) is 16.1. The molecule has 34 heavy (non-hydrogen) atoms. The smallest absolute Gasteiger partial charge is 0.273 e. The standard InChI is InChI=1S/C23H22FN5O5/c1-13-4-5-16(11-20(13)29(33)34)22(31)25-12-21(30)26-27-23(32)19-10-14(2)28(15(19)3)18-8-6-17(24)7-9-18/h4-11H,12H2,1-3H3,(H,25,31)(H,26,30)(H,27,32). The van der Waals surface area contributed by atoms with Crippen LogP contribution in [0.5, 0.6) is 0 Å². The van der Waals surface area contributed by atoms with Crippen LogP contribution >= 0.6 is 0 Å². The Hall–Kier alpha value is -4.54. The zero-order valence-electron chi connectivity index (χ0n) is 18.6. The quantitative estimate of drug-likeness (QED) is 0.378. The van der Waals surface area contributed by atoms with E-state index in [4.69, 9.17) is 0 Å². The monoisotopic (exact) mass is 467 g/mol. The third-order valence-corrected chi connectivity index (χ3v) is 5.15. The number of nitro groups is 1. The molecule has 176 valence electrons. The molecule has 0 aliphatic carbocycles. The van der Waals surface area contributed by atoms with Gasteiger partial charge in [0.2, 0.25) is 0 Å². The number of nitrogens with zero attached hydrogens (tertiary/aromatic N) is 2. The number of carbonyl (C=O) groups is 3. The molecule has 3 N–H and O–H groups in total. The average Bonchev–Trinajstić information content (AvgIpc) is 3.10. The minimum atomic E-state index is -0.698. The summed E-state index contributed by atoms with van der Waals surface area (Å²) in [5.74, 6) is -2.32. The Labute approximate surface area is 193 Å². The summed E-state index contributed by atoms with van der Waals surface area (Å²) < 4.78 is 15.0. The zero-order valence-corrected chi connectivity index (χ0v) is 18.6. The molecule has 10 nitrogen and oxygen atoms in total. The Bertz CT molecular complexity index is 1280. The Morgan fingerprint density at radius 1 is 0.971 bits per heavy atom. The van der Waals surface area contributed by atoms with Gasteiger partial charge >= 0.3 is 0 Å². The Morgan fingerprint density at radius 2 is 1.65 bits per heavy atom. The lowest BCUT2D eigenvalue weighted by Crippen LogP contribution is -2.46. The molecule has 0 unspecified atom stereocenters. The molecule has 0 spiro atoms. The fraction of sp³-hybridized carbons (Fsp3) is 0.174. The Morgan fingerprint density at radius 3 is 2.29 bits per heavy atom. The van der Waals surface area contributed by atoms with E-state index in [0.717, 1.165) is 11.8 Å². The largest absolute Gasteiger partial charge is 0.343 e. The summed E-state index contributed by atoms with van der Waals surface area (Å²) in [5.41, 5.74) is 7.03. The predicted octanol–water partition coefficient (Wildman–Crippen LogP) is 2.64. The molecule has 0 saturated heterocycles. The van der Waals surface area contributed by atoms with Crippen LogP contribution < -0.4 is 16.2 Å². The maximum atomic E-state index is 13.2. The van der Waals surface area contributed by atoms with Crippen LogP contribution in [0.2, 0.25) is 0 Å². The molecule has 3 aromatic rings. The number of halogens is 1. The molecule has 0 atom stereocenters. The lowest BCUT2D eigenvalue weighted by Gasteiger charge is -2.11. The van der Waals surface area contributed by atoms with Gasteiger partial charge in [-0.3, -0.25) is 35.3 Å². The maximum absolute atomic E-state index is 13.2. The lowest BCUT2D eigenvalue weighted by molar-refractivity contribution is -0.385. The van der Waals surface area contributed by atoms with Crippen LogP contribution in [0.15, 0.2) is 48.5 Å². The first-order valence-electron chi connectivity index (χ1n) is 10.2. The summed E-state index contributed by atoms with van der Waals surface area (Å²) in [6.45, 7) is 4.59. The van der Waals surface area contributed by atoms with Gasteiger partial charge in [-0.1, -0.05) is 6.07 Å².